The first kappa shape index (κ1) is 13.3. The molecule has 3 nitrogen and oxygen atoms in total. The van der Waals surface area contributed by atoms with E-state index < -0.39 is 0 Å². The van der Waals surface area contributed by atoms with Crippen LogP contribution < -0.4 is 5.32 Å². The smallest absolute Gasteiger partial charge is 0.0897 e. The number of nitrogens with one attached hydrogen (secondary N) is 1. The van der Waals surface area contributed by atoms with Crippen LogP contribution in [0.25, 0.3) is 0 Å². The van der Waals surface area contributed by atoms with Gasteiger partial charge in [-0.05, 0) is 26.0 Å². The molecule has 0 aromatic carbocycles. The molecule has 4 heteroatoms. The lowest BCUT2D eigenvalue weighted by Gasteiger charge is -2.21. The molecule has 0 saturated heterocycles. The summed E-state index contributed by atoms with van der Waals surface area (Å²) in [4.78, 5) is 0. The monoisotopic (exact) mass is 233 g/mol. The van der Waals surface area contributed by atoms with E-state index in [9.17, 15) is 5.11 Å². The molecular formula is C11H23NO2S. The zero-order chi connectivity index (χ0) is 11.1. The molecule has 1 aliphatic carbocycles. The third-order valence-corrected chi connectivity index (χ3v) is 4.06. The Kier molecular flexibility index (Phi) is 6.64. The number of rotatable bonds is 7. The molecule has 1 rings (SSSR count). The van der Waals surface area contributed by atoms with Gasteiger partial charge in [0.25, 0.3) is 0 Å². The quantitative estimate of drug-likeness (QED) is 0.694. The first-order valence-electron chi connectivity index (χ1n) is 5.80. The summed E-state index contributed by atoms with van der Waals surface area (Å²) in [5.41, 5.74) is 0. The maximum Gasteiger partial charge on any atom is 0.0897 e. The third kappa shape index (κ3) is 4.72. The van der Waals surface area contributed by atoms with Crippen LogP contribution >= 0.6 is 11.8 Å². The van der Waals surface area contributed by atoms with Gasteiger partial charge >= 0.3 is 0 Å². The fourth-order valence-corrected chi connectivity index (χ4v) is 3.01. The summed E-state index contributed by atoms with van der Waals surface area (Å²) < 4.78 is 5.17. The van der Waals surface area contributed by atoms with E-state index in [1.807, 2.05) is 18.7 Å². The largest absolute Gasteiger partial charge is 0.389 e. The zero-order valence-corrected chi connectivity index (χ0v) is 10.6. The van der Waals surface area contributed by atoms with Gasteiger partial charge in [-0.1, -0.05) is 6.42 Å². The van der Waals surface area contributed by atoms with Gasteiger partial charge in [-0.15, -0.1) is 0 Å². The van der Waals surface area contributed by atoms with Crippen molar-refractivity contribution in [2.75, 3.05) is 26.0 Å². The summed E-state index contributed by atoms with van der Waals surface area (Å²) in [6.45, 7) is 3.72. The van der Waals surface area contributed by atoms with E-state index in [1.54, 1.807) is 0 Å². The molecule has 3 unspecified atom stereocenters. The molecule has 90 valence electrons. The fourth-order valence-electron chi connectivity index (χ4n) is 2.04. The SMILES string of the molecule is CCOCC(O)CNC1CCCC1SC. The molecule has 0 amide bonds. The topological polar surface area (TPSA) is 41.5 Å². The lowest BCUT2D eigenvalue weighted by molar-refractivity contribution is 0.0416. The van der Waals surface area contributed by atoms with Crippen molar-refractivity contribution in [3.8, 4) is 0 Å². The van der Waals surface area contributed by atoms with E-state index in [1.165, 1.54) is 19.3 Å². The molecular weight excluding hydrogens is 210 g/mol. The number of ether oxygens (including phenoxy) is 1. The van der Waals surface area contributed by atoms with Gasteiger partial charge in [0, 0.05) is 24.4 Å². The van der Waals surface area contributed by atoms with E-state index in [0.717, 1.165) is 5.25 Å². The third-order valence-electron chi connectivity index (χ3n) is 2.89. The molecule has 0 radical (unpaired) electrons. The second-order valence-electron chi connectivity index (χ2n) is 4.03. The summed E-state index contributed by atoms with van der Waals surface area (Å²) in [7, 11) is 0. The second kappa shape index (κ2) is 7.49. The van der Waals surface area contributed by atoms with Crippen LogP contribution in [0.4, 0.5) is 0 Å². The van der Waals surface area contributed by atoms with E-state index in [0.29, 0.717) is 25.8 Å². The van der Waals surface area contributed by atoms with Gasteiger partial charge in [0.2, 0.25) is 0 Å². The van der Waals surface area contributed by atoms with E-state index in [2.05, 4.69) is 11.6 Å². The standard InChI is InChI=1S/C11H23NO2S/c1-3-14-8-9(13)7-12-10-5-4-6-11(10)15-2/h9-13H,3-8H2,1-2H3. The number of hydrogen-bond donors (Lipinski definition) is 2. The minimum absolute atomic E-state index is 0.368. The summed E-state index contributed by atoms with van der Waals surface area (Å²) in [6.07, 6.45) is 5.66. The average molecular weight is 233 g/mol. The second-order valence-corrected chi connectivity index (χ2v) is 5.11. The Bertz CT molecular complexity index is 169. The van der Waals surface area contributed by atoms with Crippen molar-refractivity contribution in [3.63, 3.8) is 0 Å². The Balaban J connectivity index is 2.12. The first-order valence-corrected chi connectivity index (χ1v) is 7.08. The Hall–Kier alpha value is 0.230. The van der Waals surface area contributed by atoms with Crippen molar-refractivity contribution in [1.82, 2.24) is 5.32 Å². The molecule has 0 heterocycles. The Morgan fingerprint density at radius 1 is 1.53 bits per heavy atom. The molecule has 1 fully saturated rings. The highest BCUT2D eigenvalue weighted by Gasteiger charge is 2.26. The number of hydrogen-bond acceptors (Lipinski definition) is 4. The zero-order valence-electron chi connectivity index (χ0n) is 9.74. The Labute approximate surface area is 97.0 Å². The molecule has 15 heavy (non-hydrogen) atoms. The van der Waals surface area contributed by atoms with Crippen LogP contribution in [-0.4, -0.2) is 48.5 Å². The predicted molar refractivity (Wildman–Crippen MR) is 65.4 cm³/mol. The van der Waals surface area contributed by atoms with Gasteiger partial charge in [-0.3, -0.25) is 0 Å². The summed E-state index contributed by atoms with van der Waals surface area (Å²) >= 11 is 1.93. The number of aliphatic hydroxyl groups is 1. The van der Waals surface area contributed by atoms with Crippen molar-refractivity contribution >= 4 is 11.8 Å². The predicted octanol–water partition coefficient (Wildman–Crippen LogP) is 1.26. The molecule has 2 N–H and O–H groups in total. The van der Waals surface area contributed by atoms with Crippen LogP contribution in [0.15, 0.2) is 0 Å². The highest BCUT2D eigenvalue weighted by molar-refractivity contribution is 7.99. The minimum Gasteiger partial charge on any atom is -0.389 e. The van der Waals surface area contributed by atoms with E-state index in [4.69, 9.17) is 4.74 Å². The van der Waals surface area contributed by atoms with Crippen molar-refractivity contribution in [3.05, 3.63) is 0 Å². The molecule has 1 aliphatic rings. The van der Waals surface area contributed by atoms with Crippen LogP contribution in [0.2, 0.25) is 0 Å². The van der Waals surface area contributed by atoms with Crippen molar-refractivity contribution in [2.24, 2.45) is 0 Å². The lowest BCUT2D eigenvalue weighted by atomic mass is 10.2. The van der Waals surface area contributed by atoms with Crippen molar-refractivity contribution in [2.45, 2.75) is 43.6 Å². The minimum atomic E-state index is -0.368. The van der Waals surface area contributed by atoms with Crippen molar-refractivity contribution < 1.29 is 9.84 Å². The highest BCUT2D eigenvalue weighted by atomic mass is 32.2. The Morgan fingerprint density at radius 2 is 2.33 bits per heavy atom. The summed E-state index contributed by atoms with van der Waals surface area (Å²) in [5.74, 6) is 0. The van der Waals surface area contributed by atoms with Crippen molar-refractivity contribution in [1.29, 1.82) is 0 Å². The van der Waals surface area contributed by atoms with Crippen LogP contribution in [0, 0.1) is 0 Å². The van der Waals surface area contributed by atoms with Gasteiger partial charge in [-0.2, -0.15) is 11.8 Å². The van der Waals surface area contributed by atoms with Crippen LogP contribution in [0.3, 0.4) is 0 Å². The first-order chi connectivity index (χ1) is 7.27. The molecule has 3 atom stereocenters. The number of thioether (sulfide) groups is 1. The maximum absolute atomic E-state index is 9.61. The maximum atomic E-state index is 9.61. The van der Waals surface area contributed by atoms with Gasteiger partial charge in [0.05, 0.1) is 12.7 Å². The highest BCUT2D eigenvalue weighted by Crippen LogP contribution is 2.28. The van der Waals surface area contributed by atoms with Crippen LogP contribution in [0.5, 0.6) is 0 Å². The average Bonchev–Trinajstić information content (AvgIpc) is 2.70. The van der Waals surface area contributed by atoms with Gasteiger partial charge in [-0.25, -0.2) is 0 Å². The van der Waals surface area contributed by atoms with Crippen LogP contribution in [-0.2, 0) is 4.74 Å². The van der Waals surface area contributed by atoms with E-state index >= 15 is 0 Å². The van der Waals surface area contributed by atoms with Gasteiger partial charge < -0.3 is 15.2 Å². The number of aliphatic hydroxyl groups excluding tert-OH is 1. The van der Waals surface area contributed by atoms with Crippen LogP contribution in [0.1, 0.15) is 26.2 Å². The van der Waals surface area contributed by atoms with Gasteiger partial charge in [0.15, 0.2) is 0 Å². The summed E-state index contributed by atoms with van der Waals surface area (Å²) in [5, 5.41) is 13.8. The lowest BCUT2D eigenvalue weighted by Crippen LogP contribution is -2.40. The molecule has 1 saturated carbocycles. The molecule has 0 aromatic heterocycles. The molecule has 0 bridgehead atoms. The van der Waals surface area contributed by atoms with E-state index in [-0.39, 0.29) is 6.10 Å². The molecule has 0 spiro atoms. The molecule has 0 aliphatic heterocycles. The molecule has 0 aromatic rings. The summed E-state index contributed by atoms with van der Waals surface area (Å²) in [6, 6.07) is 0.580. The Morgan fingerprint density at radius 3 is 3.00 bits per heavy atom. The normalized spacial score (nSPS) is 28.2. The fraction of sp³-hybridized carbons (Fsp3) is 1.00. The van der Waals surface area contributed by atoms with Gasteiger partial charge in [0.1, 0.15) is 0 Å².